The molecule has 4 rings (SSSR count). The average molecular weight is 312 g/mol. The topological polar surface area (TPSA) is 98.9 Å². The van der Waals surface area contributed by atoms with Crippen LogP contribution in [0, 0.1) is 6.92 Å². The molecule has 1 fully saturated rings. The molecular weight excluding hydrogens is 296 g/mol. The van der Waals surface area contributed by atoms with E-state index in [4.69, 9.17) is 9.26 Å². The number of hydrogen-bond acceptors (Lipinski definition) is 8. The van der Waals surface area contributed by atoms with Gasteiger partial charge < -0.3 is 14.6 Å². The molecule has 0 bridgehead atoms. The van der Waals surface area contributed by atoms with Gasteiger partial charge in [0.1, 0.15) is 17.9 Å². The Morgan fingerprint density at radius 1 is 1.26 bits per heavy atom. The highest BCUT2D eigenvalue weighted by molar-refractivity contribution is 5.84. The first-order valence-corrected chi connectivity index (χ1v) is 7.56. The SMILES string of the molecule is Cc1ccc2ncnc(NCc3noc(C4CCCO4)n3)c2n1. The van der Waals surface area contributed by atoms with Crippen molar-refractivity contribution >= 4 is 16.9 Å². The van der Waals surface area contributed by atoms with Crippen molar-refractivity contribution in [3.05, 3.63) is 35.9 Å². The number of fused-ring (bicyclic) bond motifs is 1. The Balaban J connectivity index is 1.52. The van der Waals surface area contributed by atoms with Crippen molar-refractivity contribution in [3.63, 3.8) is 0 Å². The molecule has 1 N–H and O–H groups in total. The Hall–Kier alpha value is -2.61. The summed E-state index contributed by atoms with van der Waals surface area (Å²) in [4.78, 5) is 17.3. The molecule has 0 amide bonds. The largest absolute Gasteiger partial charge is 0.368 e. The zero-order chi connectivity index (χ0) is 15.6. The number of nitrogens with zero attached hydrogens (tertiary/aromatic N) is 5. The third-order valence-electron chi connectivity index (χ3n) is 3.72. The Bertz CT molecular complexity index is 828. The van der Waals surface area contributed by atoms with Crippen LogP contribution in [0.15, 0.2) is 23.0 Å². The van der Waals surface area contributed by atoms with Gasteiger partial charge in [0.05, 0.1) is 12.1 Å². The van der Waals surface area contributed by atoms with Crippen molar-refractivity contribution in [1.82, 2.24) is 25.1 Å². The molecule has 0 aromatic carbocycles. The second-order valence-corrected chi connectivity index (χ2v) is 5.45. The van der Waals surface area contributed by atoms with Crippen molar-refractivity contribution in [3.8, 4) is 0 Å². The molecule has 4 heterocycles. The van der Waals surface area contributed by atoms with Crippen LogP contribution in [0.3, 0.4) is 0 Å². The zero-order valence-corrected chi connectivity index (χ0v) is 12.7. The maximum absolute atomic E-state index is 5.54. The molecule has 1 unspecified atom stereocenters. The van der Waals surface area contributed by atoms with Crippen molar-refractivity contribution in [2.75, 3.05) is 11.9 Å². The maximum atomic E-state index is 5.54. The van der Waals surface area contributed by atoms with E-state index in [2.05, 4.69) is 30.4 Å². The predicted molar refractivity (Wildman–Crippen MR) is 81.6 cm³/mol. The molecule has 1 aliphatic heterocycles. The van der Waals surface area contributed by atoms with E-state index in [1.54, 1.807) is 0 Å². The Morgan fingerprint density at radius 3 is 3.09 bits per heavy atom. The molecule has 0 aliphatic carbocycles. The van der Waals surface area contributed by atoms with Crippen LogP contribution in [-0.2, 0) is 11.3 Å². The smallest absolute Gasteiger partial charge is 0.255 e. The molecule has 23 heavy (non-hydrogen) atoms. The van der Waals surface area contributed by atoms with Gasteiger partial charge in [0.25, 0.3) is 5.89 Å². The van der Waals surface area contributed by atoms with Gasteiger partial charge in [-0.3, -0.25) is 0 Å². The van der Waals surface area contributed by atoms with Crippen LogP contribution >= 0.6 is 0 Å². The van der Waals surface area contributed by atoms with Crippen LogP contribution in [0.4, 0.5) is 5.82 Å². The first-order chi connectivity index (χ1) is 11.3. The average Bonchev–Trinajstić information content (AvgIpc) is 3.24. The van der Waals surface area contributed by atoms with Crippen molar-refractivity contribution in [2.45, 2.75) is 32.4 Å². The van der Waals surface area contributed by atoms with Gasteiger partial charge in [-0.05, 0) is 31.9 Å². The summed E-state index contributed by atoms with van der Waals surface area (Å²) in [6.07, 6.45) is 3.39. The lowest BCUT2D eigenvalue weighted by molar-refractivity contribution is 0.0835. The first kappa shape index (κ1) is 14.0. The zero-order valence-electron chi connectivity index (χ0n) is 12.7. The lowest BCUT2D eigenvalue weighted by atomic mass is 10.2. The molecule has 3 aromatic heterocycles. The van der Waals surface area contributed by atoms with Gasteiger partial charge in [0.2, 0.25) is 0 Å². The van der Waals surface area contributed by atoms with Gasteiger partial charge in [-0.15, -0.1) is 0 Å². The van der Waals surface area contributed by atoms with Gasteiger partial charge in [-0.2, -0.15) is 4.98 Å². The van der Waals surface area contributed by atoms with E-state index >= 15 is 0 Å². The van der Waals surface area contributed by atoms with E-state index in [9.17, 15) is 0 Å². The number of rotatable bonds is 4. The highest BCUT2D eigenvalue weighted by Gasteiger charge is 2.23. The summed E-state index contributed by atoms with van der Waals surface area (Å²) in [5.74, 6) is 1.76. The van der Waals surface area contributed by atoms with Crippen molar-refractivity contribution in [1.29, 1.82) is 0 Å². The fraction of sp³-hybridized carbons (Fsp3) is 0.400. The summed E-state index contributed by atoms with van der Waals surface area (Å²) in [6, 6.07) is 3.85. The number of hydrogen-bond donors (Lipinski definition) is 1. The fourth-order valence-electron chi connectivity index (χ4n) is 2.57. The quantitative estimate of drug-likeness (QED) is 0.782. The van der Waals surface area contributed by atoms with E-state index in [-0.39, 0.29) is 6.10 Å². The van der Waals surface area contributed by atoms with Crippen LogP contribution < -0.4 is 5.32 Å². The Kier molecular flexibility index (Phi) is 3.58. The van der Waals surface area contributed by atoms with Crippen LogP contribution in [0.25, 0.3) is 11.0 Å². The molecule has 1 aliphatic rings. The van der Waals surface area contributed by atoms with Crippen molar-refractivity contribution < 1.29 is 9.26 Å². The first-order valence-electron chi connectivity index (χ1n) is 7.56. The van der Waals surface area contributed by atoms with E-state index in [0.717, 1.165) is 36.2 Å². The van der Waals surface area contributed by atoms with Crippen LogP contribution in [0.1, 0.15) is 36.4 Å². The number of anilines is 1. The minimum atomic E-state index is -0.0690. The van der Waals surface area contributed by atoms with Crippen LogP contribution in [0.5, 0.6) is 0 Å². The monoisotopic (exact) mass is 312 g/mol. The summed E-state index contributed by atoms with van der Waals surface area (Å²) in [7, 11) is 0. The highest BCUT2D eigenvalue weighted by atomic mass is 16.5. The van der Waals surface area contributed by atoms with Gasteiger partial charge in [-0.25, -0.2) is 15.0 Å². The summed E-state index contributed by atoms with van der Waals surface area (Å²) in [5, 5.41) is 7.18. The number of pyridine rings is 1. The molecule has 8 heteroatoms. The second-order valence-electron chi connectivity index (χ2n) is 5.45. The summed E-state index contributed by atoms with van der Waals surface area (Å²) < 4.78 is 10.8. The molecule has 118 valence electrons. The minimum Gasteiger partial charge on any atom is -0.368 e. The van der Waals surface area contributed by atoms with Crippen LogP contribution in [0.2, 0.25) is 0 Å². The molecule has 8 nitrogen and oxygen atoms in total. The lowest BCUT2D eigenvalue weighted by Gasteiger charge is -2.06. The Labute approximate surface area is 132 Å². The molecule has 1 saturated heterocycles. The van der Waals surface area contributed by atoms with Gasteiger partial charge in [-0.1, -0.05) is 5.16 Å². The van der Waals surface area contributed by atoms with Gasteiger partial charge in [0.15, 0.2) is 11.6 Å². The molecular formula is C15H16N6O2. The molecule has 1 atom stereocenters. The van der Waals surface area contributed by atoms with E-state index in [0.29, 0.717) is 24.1 Å². The third-order valence-corrected chi connectivity index (χ3v) is 3.72. The Morgan fingerprint density at radius 2 is 2.22 bits per heavy atom. The number of aromatic nitrogens is 5. The van der Waals surface area contributed by atoms with E-state index in [1.165, 1.54) is 6.33 Å². The molecule has 0 saturated carbocycles. The number of aryl methyl sites for hydroxylation is 1. The normalized spacial score (nSPS) is 17.7. The third kappa shape index (κ3) is 2.85. The lowest BCUT2D eigenvalue weighted by Crippen LogP contribution is -2.05. The molecule has 0 spiro atoms. The van der Waals surface area contributed by atoms with E-state index in [1.807, 2.05) is 19.1 Å². The summed E-state index contributed by atoms with van der Waals surface area (Å²) in [5.41, 5.74) is 2.44. The highest BCUT2D eigenvalue weighted by Crippen LogP contribution is 2.27. The standard InChI is InChI=1S/C15H16N6O2/c1-9-4-5-10-13(19-9)14(18-8-17-10)16-7-12-20-15(23-21-12)11-3-2-6-22-11/h4-5,8,11H,2-3,6-7H2,1H3,(H,16,17,18). The minimum absolute atomic E-state index is 0.0690. The van der Waals surface area contributed by atoms with Crippen LogP contribution in [-0.4, -0.2) is 31.7 Å². The maximum Gasteiger partial charge on any atom is 0.255 e. The van der Waals surface area contributed by atoms with Gasteiger partial charge >= 0.3 is 0 Å². The van der Waals surface area contributed by atoms with E-state index < -0.39 is 0 Å². The summed E-state index contributed by atoms with van der Waals surface area (Å²) >= 11 is 0. The molecule has 3 aromatic rings. The second kappa shape index (κ2) is 5.88. The molecule has 0 radical (unpaired) electrons. The number of ether oxygens (including phenoxy) is 1. The predicted octanol–water partition coefficient (Wildman–Crippen LogP) is 2.18. The summed E-state index contributed by atoms with van der Waals surface area (Å²) in [6.45, 7) is 3.08. The number of nitrogens with one attached hydrogen (secondary N) is 1. The van der Waals surface area contributed by atoms with Gasteiger partial charge in [0, 0.05) is 12.3 Å². The van der Waals surface area contributed by atoms with Crippen molar-refractivity contribution in [2.24, 2.45) is 0 Å². The fourth-order valence-corrected chi connectivity index (χ4v) is 2.57.